The van der Waals surface area contributed by atoms with Crippen molar-refractivity contribution in [1.29, 1.82) is 0 Å². The summed E-state index contributed by atoms with van der Waals surface area (Å²) >= 11 is 9.35. The Labute approximate surface area is 127 Å². The van der Waals surface area contributed by atoms with E-state index < -0.39 is 6.42 Å². The number of hydrogen-bond donors (Lipinski definition) is 0. The van der Waals surface area contributed by atoms with Gasteiger partial charge in [-0.25, -0.2) is 0 Å². The highest BCUT2D eigenvalue weighted by Gasteiger charge is 2.28. The summed E-state index contributed by atoms with van der Waals surface area (Å²) in [5.41, 5.74) is 0. The van der Waals surface area contributed by atoms with Crippen LogP contribution in [0.4, 0.5) is 0 Å². The lowest BCUT2D eigenvalue weighted by Gasteiger charge is -2.32. The fourth-order valence-corrected chi connectivity index (χ4v) is 8.46. The first-order chi connectivity index (χ1) is 8.69. The fraction of sp³-hybridized carbons (Fsp3) is 0.500. The van der Waals surface area contributed by atoms with E-state index in [4.69, 9.17) is 16.3 Å². The molecule has 0 N–H and O–H groups in total. The minimum absolute atomic E-state index is 0.708. The van der Waals surface area contributed by atoms with E-state index in [0.29, 0.717) is 6.61 Å². The maximum Gasteiger partial charge on any atom is 0.171 e. The minimum Gasteiger partial charge on any atom is -0.334 e. The van der Waals surface area contributed by atoms with Gasteiger partial charge < -0.3 is 4.52 Å². The first-order valence-corrected chi connectivity index (χ1v) is 11.3. The second-order valence-corrected chi connectivity index (χ2v) is 9.34. The summed E-state index contributed by atoms with van der Waals surface area (Å²) in [6.07, 6.45) is -0.0930. The largest absolute Gasteiger partial charge is 0.334 e. The Morgan fingerprint density at radius 2 is 1.94 bits per heavy atom. The van der Waals surface area contributed by atoms with E-state index in [1.54, 1.807) is 0 Å². The Morgan fingerprint density at radius 3 is 2.44 bits per heavy atom. The zero-order valence-corrected chi connectivity index (χ0v) is 14.8. The summed E-state index contributed by atoms with van der Waals surface area (Å²) in [5, 5.41) is 1.12. The number of hydrogen-bond acceptors (Lipinski definition) is 3. The molecule has 0 radical (unpaired) electrons. The summed E-state index contributed by atoms with van der Waals surface area (Å²) in [5.74, 6) is 0. The maximum atomic E-state index is 6.07. The van der Waals surface area contributed by atoms with Gasteiger partial charge in [0.15, 0.2) is 6.42 Å². The summed E-state index contributed by atoms with van der Waals surface area (Å²) in [6.45, 7) is 5.89. The predicted octanol–water partition coefficient (Wildman–Crippen LogP) is 4.72. The van der Waals surface area contributed by atoms with Crippen molar-refractivity contribution in [3.63, 3.8) is 0 Å². The average molecular weight is 368 g/mol. The molecule has 1 aromatic carbocycles. The van der Waals surface area contributed by atoms with Gasteiger partial charge in [-0.2, -0.15) is 4.08 Å². The molecule has 1 unspecified atom stereocenters. The van der Waals surface area contributed by atoms with E-state index in [0.717, 1.165) is 24.7 Å². The van der Waals surface area contributed by atoms with Gasteiger partial charge in [-0.3, -0.25) is 0 Å². The second kappa shape index (κ2) is 8.72. The van der Waals surface area contributed by atoms with Gasteiger partial charge in [0.2, 0.25) is 0 Å². The van der Waals surface area contributed by atoms with Gasteiger partial charge >= 0.3 is 0 Å². The smallest absolute Gasteiger partial charge is 0.171 e. The summed E-state index contributed by atoms with van der Waals surface area (Å²) in [6, 6.07) is 10.2. The monoisotopic (exact) mass is 367 g/mol. The topological polar surface area (TPSA) is 12.5 Å². The molecule has 0 aromatic heterocycles. The molecule has 102 valence electrons. The second-order valence-electron chi connectivity index (χ2n) is 3.83. The van der Waals surface area contributed by atoms with Crippen LogP contribution in [0.3, 0.4) is 0 Å². The molecule has 0 aliphatic rings. The molecule has 1 atom stereocenters. The van der Waals surface area contributed by atoms with Gasteiger partial charge in [-0.05, 0) is 24.6 Å². The Morgan fingerprint density at radius 1 is 1.28 bits per heavy atom. The van der Waals surface area contributed by atoms with Gasteiger partial charge in [0.05, 0.1) is 6.61 Å². The highest BCUT2D eigenvalue weighted by molar-refractivity contribution is 9.50. The number of halogens is 1. The van der Waals surface area contributed by atoms with Crippen molar-refractivity contribution >= 4 is 48.7 Å². The van der Waals surface area contributed by atoms with Crippen LogP contribution >= 0.6 is 31.6 Å². The van der Waals surface area contributed by atoms with E-state index in [9.17, 15) is 0 Å². The van der Waals surface area contributed by atoms with Crippen molar-refractivity contribution in [3.8, 4) is 0 Å². The molecule has 6 heteroatoms. The lowest BCUT2D eigenvalue weighted by atomic mass is 10.4. The van der Waals surface area contributed by atoms with E-state index >= 15 is 0 Å². The van der Waals surface area contributed by atoms with Crippen LogP contribution in [0.5, 0.6) is 0 Å². The quantitative estimate of drug-likeness (QED) is 0.486. The van der Waals surface area contributed by atoms with Crippen LogP contribution in [0, 0.1) is 0 Å². The minimum atomic E-state index is -2.13. The molecule has 0 saturated heterocycles. The standard InChI is InChI=1S/C12H19BrNOPS2/c1-3-10-14(18-13)16(17,15-11-4-2)12-8-6-5-7-9-12/h5-9H,3-4,10-11H2,1-2H3. The fourth-order valence-electron chi connectivity index (χ4n) is 1.50. The molecule has 0 amide bonds. The molecule has 1 aromatic rings. The highest BCUT2D eigenvalue weighted by Crippen LogP contribution is 2.55. The Kier molecular flexibility index (Phi) is 8.08. The van der Waals surface area contributed by atoms with Crippen LogP contribution in [0.15, 0.2) is 30.3 Å². The number of nitrogens with zero attached hydrogens (tertiary/aromatic N) is 1. The molecule has 0 aliphatic carbocycles. The molecule has 1 rings (SSSR count). The molecule has 0 spiro atoms. The maximum absolute atomic E-state index is 6.07. The van der Waals surface area contributed by atoms with Crippen LogP contribution in [0.1, 0.15) is 26.7 Å². The molecule has 18 heavy (non-hydrogen) atoms. The van der Waals surface area contributed by atoms with E-state index in [1.165, 1.54) is 10.4 Å². The van der Waals surface area contributed by atoms with E-state index in [1.807, 2.05) is 18.2 Å². The predicted molar refractivity (Wildman–Crippen MR) is 90.1 cm³/mol. The Balaban J connectivity index is 3.05. The van der Waals surface area contributed by atoms with Crippen molar-refractivity contribution in [2.24, 2.45) is 0 Å². The highest BCUT2D eigenvalue weighted by atomic mass is 79.9. The van der Waals surface area contributed by atoms with Gasteiger partial charge in [0.25, 0.3) is 0 Å². The number of rotatable bonds is 8. The van der Waals surface area contributed by atoms with Gasteiger partial charge in [0, 0.05) is 37.0 Å². The van der Waals surface area contributed by atoms with Crippen molar-refractivity contribution in [2.45, 2.75) is 26.7 Å². The average Bonchev–Trinajstić information content (AvgIpc) is 2.43. The molecule has 0 fully saturated rings. The van der Waals surface area contributed by atoms with Gasteiger partial charge in [-0.1, -0.05) is 44.2 Å². The van der Waals surface area contributed by atoms with Gasteiger partial charge in [-0.15, -0.1) is 0 Å². The summed E-state index contributed by atoms with van der Waals surface area (Å²) in [4.78, 5) is 0. The Bertz CT molecular complexity index is 391. The van der Waals surface area contributed by atoms with Crippen molar-refractivity contribution in [1.82, 2.24) is 4.08 Å². The van der Waals surface area contributed by atoms with Crippen LogP contribution < -0.4 is 5.30 Å². The van der Waals surface area contributed by atoms with Crippen LogP contribution in [-0.2, 0) is 16.3 Å². The molecule has 0 aliphatic heterocycles. The molecular formula is C12H19BrNOPS2. The van der Waals surface area contributed by atoms with Crippen LogP contribution in [-0.4, -0.2) is 17.2 Å². The lowest BCUT2D eigenvalue weighted by molar-refractivity contribution is 0.338. The van der Waals surface area contributed by atoms with Crippen molar-refractivity contribution < 1.29 is 4.52 Å². The normalized spacial score (nSPS) is 14.7. The Hall–Kier alpha value is 0.620. The number of benzene rings is 1. The van der Waals surface area contributed by atoms with Crippen molar-refractivity contribution in [3.05, 3.63) is 30.3 Å². The molecule has 0 saturated carbocycles. The van der Waals surface area contributed by atoms with Crippen molar-refractivity contribution in [2.75, 3.05) is 13.2 Å². The SMILES string of the molecule is CCCOP(=S)(c1ccccc1)N(CCC)SBr. The summed E-state index contributed by atoms with van der Waals surface area (Å²) in [7, 11) is 1.51. The molecule has 0 heterocycles. The summed E-state index contributed by atoms with van der Waals surface area (Å²) < 4.78 is 8.25. The third kappa shape index (κ3) is 4.32. The third-order valence-electron chi connectivity index (χ3n) is 2.34. The molecular weight excluding hydrogens is 349 g/mol. The first-order valence-electron chi connectivity index (χ1n) is 6.06. The lowest BCUT2D eigenvalue weighted by Crippen LogP contribution is -2.22. The van der Waals surface area contributed by atoms with E-state index in [-0.39, 0.29) is 0 Å². The zero-order valence-electron chi connectivity index (χ0n) is 10.7. The first kappa shape index (κ1) is 16.7. The van der Waals surface area contributed by atoms with E-state index in [2.05, 4.69) is 44.9 Å². The molecule has 2 nitrogen and oxygen atoms in total. The zero-order chi connectivity index (χ0) is 13.4. The van der Waals surface area contributed by atoms with Crippen LogP contribution in [0.25, 0.3) is 0 Å². The van der Waals surface area contributed by atoms with Gasteiger partial charge in [0.1, 0.15) is 0 Å². The molecule has 0 bridgehead atoms. The third-order valence-corrected chi connectivity index (χ3v) is 9.46. The van der Waals surface area contributed by atoms with Crippen LogP contribution in [0.2, 0.25) is 0 Å².